The summed E-state index contributed by atoms with van der Waals surface area (Å²) in [6.07, 6.45) is -8.37. The van der Waals surface area contributed by atoms with Crippen molar-refractivity contribution in [2.75, 3.05) is 52.4 Å². The van der Waals surface area contributed by atoms with Gasteiger partial charge in [0.2, 0.25) is 20.0 Å². The van der Waals surface area contributed by atoms with Crippen molar-refractivity contribution in [3.05, 3.63) is 54.1 Å². The van der Waals surface area contributed by atoms with Crippen LogP contribution in [0.5, 0.6) is 17.2 Å². The van der Waals surface area contributed by atoms with E-state index in [4.69, 9.17) is 19.9 Å². The Hall–Kier alpha value is -3.40. The highest BCUT2D eigenvalue weighted by molar-refractivity contribution is 7.91. The molecule has 4 fully saturated rings. The van der Waals surface area contributed by atoms with Gasteiger partial charge < -0.3 is 24.8 Å². The Morgan fingerprint density at radius 2 is 0.921 bits per heavy atom. The van der Waals surface area contributed by atoms with E-state index in [-0.39, 0.29) is 100 Å². The predicted molar refractivity (Wildman–Crippen MR) is 217 cm³/mol. The van der Waals surface area contributed by atoms with Gasteiger partial charge >= 0.3 is 12.5 Å². The van der Waals surface area contributed by atoms with Crippen LogP contribution in [0.3, 0.4) is 0 Å². The molecular weight excluding hydrogens is 941 g/mol. The first kappa shape index (κ1) is 53.9. The van der Waals surface area contributed by atoms with Gasteiger partial charge in [-0.25, -0.2) is 36.4 Å². The fourth-order valence-electron chi connectivity index (χ4n) is 7.77. The van der Waals surface area contributed by atoms with E-state index in [2.05, 4.69) is 15.4 Å². The zero-order chi connectivity index (χ0) is 44.7. The normalized spacial score (nSPS) is 20.3. The van der Waals surface area contributed by atoms with Gasteiger partial charge in [-0.15, -0.1) is 38.0 Å². The van der Waals surface area contributed by atoms with Crippen LogP contribution in [0.4, 0.5) is 26.3 Å². The van der Waals surface area contributed by atoms with Crippen molar-refractivity contribution >= 4 is 56.7 Å². The lowest BCUT2D eigenvalue weighted by molar-refractivity contribution is -0.274. The summed E-state index contributed by atoms with van der Waals surface area (Å²) < 4.78 is 142. The number of hydroxylamine groups is 2. The van der Waals surface area contributed by atoms with Crippen molar-refractivity contribution < 1.29 is 77.4 Å². The zero-order valence-electron chi connectivity index (χ0n) is 33.5. The summed E-state index contributed by atoms with van der Waals surface area (Å²) in [6, 6.07) is 9.31. The van der Waals surface area contributed by atoms with Crippen LogP contribution in [0.1, 0.15) is 56.9 Å². The Bertz CT molecular complexity index is 2010. The third-order valence-electron chi connectivity index (χ3n) is 11.2. The second-order valence-electron chi connectivity index (χ2n) is 14.9. The molecule has 4 aliphatic heterocycles. The number of sulfonamides is 2. The number of alkyl halides is 6. The van der Waals surface area contributed by atoms with Crippen molar-refractivity contribution in [1.29, 1.82) is 0 Å². The molecule has 4 heterocycles. The monoisotopic (exact) mass is 990 g/mol. The molecule has 4 aliphatic rings. The average molecular weight is 992 g/mol. The highest BCUT2D eigenvalue weighted by Gasteiger charge is 2.55. The fourth-order valence-corrected chi connectivity index (χ4v) is 12.1. The third kappa shape index (κ3) is 12.7. The number of benzene rings is 2. The second kappa shape index (κ2) is 22.2. The summed E-state index contributed by atoms with van der Waals surface area (Å²) >= 11 is 0. The molecule has 358 valence electrons. The molecule has 0 bridgehead atoms. The lowest BCUT2D eigenvalue weighted by Crippen LogP contribution is -2.62. The van der Waals surface area contributed by atoms with Gasteiger partial charge in [-0.2, -0.15) is 13.2 Å². The summed E-state index contributed by atoms with van der Waals surface area (Å²) in [6.45, 7) is 1.80. The van der Waals surface area contributed by atoms with E-state index in [1.165, 1.54) is 43.8 Å². The largest absolute Gasteiger partial charge is 0.573 e. The van der Waals surface area contributed by atoms with Gasteiger partial charge in [0.15, 0.2) is 9.49 Å². The van der Waals surface area contributed by atoms with Crippen molar-refractivity contribution in [2.24, 2.45) is 0 Å². The minimum Gasteiger partial charge on any atom is -0.490 e. The van der Waals surface area contributed by atoms with Crippen LogP contribution in [-0.2, 0) is 35.8 Å². The Balaban J connectivity index is 0.000000325. The van der Waals surface area contributed by atoms with Gasteiger partial charge in [0.25, 0.3) is 11.8 Å². The van der Waals surface area contributed by atoms with E-state index in [1.807, 2.05) is 0 Å². The molecule has 2 aromatic rings. The topological polar surface area (TPSA) is 225 Å². The first-order chi connectivity index (χ1) is 28.7. The highest BCUT2D eigenvalue weighted by Crippen LogP contribution is 2.36. The summed E-state index contributed by atoms with van der Waals surface area (Å²) in [5.74, 6) is -1.63. The molecule has 0 atom stereocenters. The molecule has 0 unspecified atom stereocenters. The van der Waals surface area contributed by atoms with Crippen molar-refractivity contribution in [1.82, 2.24) is 30.2 Å². The van der Waals surface area contributed by atoms with Crippen LogP contribution in [0.2, 0.25) is 0 Å². The number of amides is 2. The van der Waals surface area contributed by atoms with Crippen LogP contribution in [0.25, 0.3) is 0 Å². The Kier molecular flexibility index (Phi) is 19.0. The summed E-state index contributed by atoms with van der Waals surface area (Å²) in [5.41, 5.74) is 2.23. The molecule has 0 aliphatic carbocycles. The molecule has 0 saturated carbocycles. The van der Waals surface area contributed by atoms with E-state index >= 15 is 0 Å². The molecular formula is C36H50Cl2F6N6O11S2. The Labute approximate surface area is 372 Å². The van der Waals surface area contributed by atoms with Gasteiger partial charge in [0.1, 0.15) is 29.5 Å². The number of carbonyl (C=O) groups excluding carboxylic acids is 2. The fraction of sp³-hybridized carbons (Fsp3) is 0.611. The van der Waals surface area contributed by atoms with Gasteiger partial charge in [0.05, 0.1) is 5.56 Å². The SMILES string of the molecule is Cl.Cl.O=C(NO)C1(S(=O)(=O)N2CCC(Oc3ccc(C(F)(F)F)cc3)CC2)CCNCC1.O=C(NO)C1(S(=O)(=O)N2CCC(Oc3ccc(OC(F)(F)F)cc3)CC2)CCNCC1. The average Bonchev–Trinajstić information content (AvgIpc) is 3.24. The Morgan fingerprint density at radius 1 is 0.603 bits per heavy atom. The van der Waals surface area contributed by atoms with Crippen molar-refractivity contribution in [3.8, 4) is 17.2 Å². The number of hydrogen-bond acceptors (Lipinski definition) is 13. The van der Waals surface area contributed by atoms with Crippen molar-refractivity contribution in [3.63, 3.8) is 0 Å². The van der Waals surface area contributed by atoms with Gasteiger partial charge in [0, 0.05) is 26.2 Å². The maximum Gasteiger partial charge on any atom is 0.573 e. The zero-order valence-corrected chi connectivity index (χ0v) is 36.7. The molecule has 6 rings (SSSR count). The maximum absolute atomic E-state index is 13.3. The smallest absolute Gasteiger partial charge is 0.490 e. The maximum atomic E-state index is 13.3. The molecule has 27 heteroatoms. The number of nitrogens with one attached hydrogen (secondary N) is 4. The lowest BCUT2D eigenvalue weighted by Gasteiger charge is -2.40. The molecule has 17 nitrogen and oxygen atoms in total. The molecule has 2 amide bonds. The number of rotatable bonds is 11. The van der Waals surface area contributed by atoms with Crippen LogP contribution in [0.15, 0.2) is 48.5 Å². The first-order valence-electron chi connectivity index (χ1n) is 19.3. The Morgan fingerprint density at radius 3 is 1.22 bits per heavy atom. The predicted octanol–water partition coefficient (Wildman–Crippen LogP) is 3.74. The quantitative estimate of drug-likeness (QED) is 0.107. The van der Waals surface area contributed by atoms with E-state index in [0.717, 1.165) is 24.3 Å². The van der Waals surface area contributed by atoms with E-state index in [0.29, 0.717) is 57.6 Å². The van der Waals surface area contributed by atoms with Crippen LogP contribution in [-0.4, -0.2) is 128 Å². The van der Waals surface area contributed by atoms with Crippen molar-refractivity contribution in [2.45, 2.75) is 85.6 Å². The summed E-state index contributed by atoms with van der Waals surface area (Å²) in [7, 11) is -8.07. The summed E-state index contributed by atoms with van der Waals surface area (Å²) in [4.78, 5) is 24.6. The minimum atomic E-state index is -4.78. The van der Waals surface area contributed by atoms with E-state index < -0.39 is 59.5 Å². The number of piperidine rings is 4. The number of carbonyl (C=O) groups is 2. The standard InChI is InChI=1S/C18H24F3N3O6S.C18H24F3N3O5S.2ClH/c19-18(20,21)30-15-3-1-13(2-4-15)29-14-5-11-24(12-6-14)31(27,28)17(16(25)23-26)7-9-22-10-8-17;19-18(20,21)13-1-3-14(4-2-13)29-15-5-11-24(12-6-15)30(27,28)17(16(25)23-26)7-9-22-10-8-17;;/h1-4,14,22,26H,5-12H2,(H,23,25);1-4,15,22,26H,5-12H2,(H,23,25);2*1H. The third-order valence-corrected chi connectivity index (χ3v) is 16.4. The number of hydrogen-bond donors (Lipinski definition) is 6. The molecule has 0 radical (unpaired) electrons. The van der Waals surface area contributed by atoms with E-state index in [1.54, 1.807) is 0 Å². The lowest BCUT2D eigenvalue weighted by atomic mass is 9.96. The van der Waals surface area contributed by atoms with Crippen LogP contribution < -0.4 is 35.8 Å². The molecule has 6 N–H and O–H groups in total. The van der Waals surface area contributed by atoms with E-state index in [9.17, 15) is 52.8 Å². The van der Waals surface area contributed by atoms with Gasteiger partial charge in [-0.3, -0.25) is 20.0 Å². The van der Waals surface area contributed by atoms with Gasteiger partial charge in [-0.1, -0.05) is 0 Å². The molecule has 0 aromatic heterocycles. The first-order valence-corrected chi connectivity index (χ1v) is 22.2. The second-order valence-corrected chi connectivity index (χ2v) is 19.4. The number of nitrogens with zero attached hydrogens (tertiary/aromatic N) is 2. The molecule has 63 heavy (non-hydrogen) atoms. The van der Waals surface area contributed by atoms with Crippen LogP contribution >= 0.6 is 24.8 Å². The molecule has 0 spiro atoms. The highest BCUT2D eigenvalue weighted by atomic mass is 35.5. The van der Waals surface area contributed by atoms with Crippen LogP contribution in [0, 0.1) is 0 Å². The minimum absolute atomic E-state index is 0. The molecule has 4 saturated heterocycles. The summed E-state index contributed by atoms with van der Waals surface area (Å²) in [5, 5.41) is 24.2. The van der Waals surface area contributed by atoms with Gasteiger partial charge in [-0.05, 0) is 126 Å². The molecule has 2 aromatic carbocycles. The number of ether oxygens (including phenoxy) is 3. The number of halogens is 8.